The maximum absolute atomic E-state index is 14.7. The van der Waals surface area contributed by atoms with E-state index in [1.165, 1.54) is 63.6 Å². The van der Waals surface area contributed by atoms with Crippen LogP contribution in [-0.2, 0) is 28.9 Å². The number of hydrogen-bond donors (Lipinski definition) is 2. The van der Waals surface area contributed by atoms with Crippen LogP contribution >= 0.6 is 0 Å². The maximum atomic E-state index is 14.7. The fraction of sp³-hybridized carbons (Fsp3) is 0.619. The van der Waals surface area contributed by atoms with Gasteiger partial charge in [0.05, 0.1) is 36.0 Å². The highest BCUT2D eigenvalue weighted by Crippen LogP contribution is 2.60. The summed E-state index contributed by atoms with van der Waals surface area (Å²) < 4.78 is 94.4. The Labute approximate surface area is 478 Å². The quantitative estimate of drug-likeness (QED) is 0.0312. The zero-order chi connectivity index (χ0) is 59.6. The van der Waals surface area contributed by atoms with Gasteiger partial charge in [-0.3, -0.25) is 23.7 Å². The lowest BCUT2D eigenvalue weighted by atomic mass is 9.84. The number of morpholine rings is 1. The monoisotopic (exact) mass is 1130 g/mol. The highest BCUT2D eigenvalue weighted by molar-refractivity contribution is 6.31. The van der Waals surface area contributed by atoms with E-state index in [-0.39, 0.29) is 47.7 Å². The molecule has 10 rings (SSSR count). The van der Waals surface area contributed by atoms with Gasteiger partial charge < -0.3 is 15.5 Å². The largest absolute Gasteiger partial charge is 0.379 e. The van der Waals surface area contributed by atoms with Gasteiger partial charge in [0.15, 0.2) is 5.65 Å². The van der Waals surface area contributed by atoms with E-state index in [1.807, 2.05) is 41.7 Å². The van der Waals surface area contributed by atoms with Crippen LogP contribution in [0.15, 0.2) is 41.2 Å². The molecule has 3 aromatic heterocycles. The molecule has 1 amide bonds. The molecule has 1 saturated heterocycles. The molecule has 81 heavy (non-hydrogen) atoms. The van der Waals surface area contributed by atoms with Crippen molar-refractivity contribution in [3.05, 3.63) is 115 Å². The van der Waals surface area contributed by atoms with E-state index in [0.717, 1.165) is 78.9 Å². The van der Waals surface area contributed by atoms with Crippen LogP contribution < -0.4 is 10.9 Å². The first-order chi connectivity index (χ1) is 38.9. The van der Waals surface area contributed by atoms with Crippen molar-refractivity contribution in [2.75, 3.05) is 32.8 Å². The molecule has 2 N–H and O–H groups in total. The summed E-state index contributed by atoms with van der Waals surface area (Å²) in [5.74, 6) is -2.58. The number of nitrogens with one attached hydrogen (secondary N) is 2. The van der Waals surface area contributed by atoms with Crippen molar-refractivity contribution in [2.24, 2.45) is 5.92 Å². The number of aromatic nitrogens is 5. The third kappa shape index (κ3) is 17.6. The molecule has 4 heterocycles. The summed E-state index contributed by atoms with van der Waals surface area (Å²) in [4.78, 5) is 38.0. The highest BCUT2D eigenvalue weighted by atomic mass is 19.3. The number of pyridine rings is 1. The average Bonchev–Trinajstić information content (AvgIpc) is 4.53. The van der Waals surface area contributed by atoms with E-state index in [9.17, 15) is 35.9 Å². The van der Waals surface area contributed by atoms with Gasteiger partial charge in [-0.1, -0.05) is 86.9 Å². The first-order valence-electron chi connectivity index (χ1n) is 30.0. The molecule has 11 nitrogen and oxygen atoms in total. The van der Waals surface area contributed by atoms with Crippen LogP contribution in [0.4, 0.5) is 26.3 Å². The van der Waals surface area contributed by atoms with E-state index in [0.29, 0.717) is 42.2 Å². The summed E-state index contributed by atoms with van der Waals surface area (Å²) in [6.45, 7) is 28.6. The lowest BCUT2D eigenvalue weighted by molar-refractivity contribution is -0.110. The molecule has 4 aliphatic carbocycles. The molecule has 445 valence electrons. The minimum absolute atomic E-state index is 0.00633. The second-order valence-electron chi connectivity index (χ2n) is 21.9. The van der Waals surface area contributed by atoms with Crippen LogP contribution in [0.5, 0.6) is 0 Å². The van der Waals surface area contributed by atoms with Crippen molar-refractivity contribution in [3.63, 3.8) is 0 Å². The minimum atomic E-state index is -3.15. The van der Waals surface area contributed by atoms with Crippen molar-refractivity contribution in [1.82, 2.24) is 34.5 Å². The fourth-order valence-electron chi connectivity index (χ4n) is 11.2. The van der Waals surface area contributed by atoms with Crippen molar-refractivity contribution in [3.8, 4) is 5.69 Å². The van der Waals surface area contributed by atoms with Gasteiger partial charge in [0.1, 0.15) is 24.7 Å². The molecular formula is C63H90BF6N8O3. The summed E-state index contributed by atoms with van der Waals surface area (Å²) in [6, 6.07) is 5.91. The molecule has 0 bridgehead atoms. The maximum Gasteiger partial charge on any atom is 0.268 e. The van der Waals surface area contributed by atoms with Gasteiger partial charge in [-0.25, -0.2) is 36.3 Å². The summed E-state index contributed by atoms with van der Waals surface area (Å²) in [7, 11) is 2.00. The first-order valence-corrected chi connectivity index (χ1v) is 30.0. The molecule has 1 radical (unpaired) electrons. The number of ether oxygens (including phenoxy) is 1. The number of carbonyl (C=O) groups excluding carboxylic acids is 1. The first kappa shape index (κ1) is 66.4. The number of rotatable bonds is 17. The molecule has 1 aliphatic heterocycles. The van der Waals surface area contributed by atoms with Crippen molar-refractivity contribution < 1.29 is 35.9 Å². The summed E-state index contributed by atoms with van der Waals surface area (Å²) in [5, 5.41) is 15.6. The third-order valence-electron chi connectivity index (χ3n) is 15.2. The molecule has 3 atom stereocenters. The Morgan fingerprint density at radius 3 is 2.12 bits per heavy atom. The zero-order valence-electron chi connectivity index (χ0n) is 50.1. The predicted octanol–water partition coefficient (Wildman–Crippen LogP) is 15.3. The van der Waals surface area contributed by atoms with Crippen molar-refractivity contribution in [1.29, 1.82) is 5.41 Å². The number of aryl methyl sites for hydroxylation is 2. The summed E-state index contributed by atoms with van der Waals surface area (Å²) in [5.41, 5.74) is 5.28. The van der Waals surface area contributed by atoms with E-state index < -0.39 is 65.3 Å². The SMILES string of the molecule is CC.CCC.CCCC(=N)c1c(C)ccc(-n2c(C(Cc3cc(F)cc(F)c3)NC=O)nc3nc(C4CCC(F)(F)CC4)cc(C(F)F)c3c2=O)c1C.CCCCCN1CCOCC1.CCn1nc(C2CC2)c2c1CC1CC21.C[B]C. The molecule has 3 unspecified atom stereocenters. The Balaban J connectivity index is 0.000000290. The standard InChI is InChI=1S/C35H35F6N5O2.C12H16N2.C9H19NO.C3H8.C2H6B.C2H6/c1-4-5-25(42)29-18(2)6-7-28(19(29)3)46-33(27(43-17-47)14-20-12-22(36)15-23(37)13-20)45-32-30(34(46)48)24(31(38)39)16-26(44-32)21-8-10-35(40,41)11-9-21;1-2-14-10-6-8-5-9(8)11(10)12(13-14)7-3-4-7;1-2-3-4-5-10-6-8-11-9-7-10;2*1-3-2;1-2/h6-7,12-13,15-17,21,27,31,42H,4-5,8-11,14H2,1-3H3,(H,43,47);7-9H,2-6H2,1H3;2-9H2,1H3;3H2,1-2H3;1-2H3;1-2H3. The van der Waals surface area contributed by atoms with Gasteiger partial charge in [-0.05, 0) is 131 Å². The van der Waals surface area contributed by atoms with Crippen molar-refractivity contribution >= 4 is 30.4 Å². The highest BCUT2D eigenvalue weighted by Gasteiger charge is 2.50. The Morgan fingerprint density at radius 1 is 0.914 bits per heavy atom. The van der Waals surface area contributed by atoms with E-state index in [2.05, 4.69) is 52.6 Å². The fourth-order valence-corrected chi connectivity index (χ4v) is 11.2. The predicted molar refractivity (Wildman–Crippen MR) is 315 cm³/mol. The lowest BCUT2D eigenvalue weighted by Crippen LogP contribution is -2.36. The number of alkyl halides is 4. The van der Waals surface area contributed by atoms with E-state index in [1.54, 1.807) is 37.2 Å². The second kappa shape index (κ2) is 31.9. The number of benzene rings is 2. The normalized spacial score (nSPS) is 18.1. The smallest absolute Gasteiger partial charge is 0.268 e. The van der Waals surface area contributed by atoms with Crippen LogP contribution in [0, 0.1) is 36.8 Å². The summed E-state index contributed by atoms with van der Waals surface area (Å²) >= 11 is 0. The Morgan fingerprint density at radius 2 is 1.56 bits per heavy atom. The third-order valence-corrected chi connectivity index (χ3v) is 15.2. The van der Waals surface area contributed by atoms with Gasteiger partial charge in [0.2, 0.25) is 12.3 Å². The van der Waals surface area contributed by atoms with E-state index in [4.69, 9.17) is 15.2 Å². The number of halogens is 6. The Bertz CT molecular complexity index is 2850. The molecule has 5 aliphatic rings. The Kier molecular flexibility index (Phi) is 26.2. The van der Waals surface area contributed by atoms with Crippen LogP contribution in [-0.4, -0.2) is 87.4 Å². The molecular weight excluding hydrogens is 1040 g/mol. The Hall–Kier alpha value is -5.36. The van der Waals surface area contributed by atoms with Crippen molar-refractivity contribution in [2.45, 2.75) is 215 Å². The van der Waals surface area contributed by atoms with Gasteiger partial charge in [0.25, 0.3) is 12.0 Å². The van der Waals surface area contributed by atoms with Gasteiger partial charge >= 0.3 is 0 Å². The molecule has 0 spiro atoms. The zero-order valence-corrected chi connectivity index (χ0v) is 50.1. The topological polar surface area (TPSA) is 131 Å². The average molecular weight is 1130 g/mol. The number of hydrogen-bond acceptors (Lipinski definition) is 8. The van der Waals surface area contributed by atoms with E-state index >= 15 is 0 Å². The van der Waals surface area contributed by atoms with Gasteiger partial charge in [-0.2, -0.15) is 5.10 Å². The van der Waals surface area contributed by atoms with Crippen LogP contribution in [0.1, 0.15) is 218 Å². The number of unbranched alkanes of at least 4 members (excludes halogenated alkanes) is 2. The molecule has 18 heteroatoms. The second-order valence-corrected chi connectivity index (χ2v) is 21.9. The van der Waals surface area contributed by atoms with Gasteiger partial charge in [-0.15, -0.1) is 0 Å². The lowest BCUT2D eigenvalue weighted by Gasteiger charge is -2.28. The number of amides is 1. The summed E-state index contributed by atoms with van der Waals surface area (Å²) in [6.07, 6.45) is 7.99. The number of nitrogens with zero attached hydrogens (tertiary/aromatic N) is 6. The minimum Gasteiger partial charge on any atom is -0.379 e. The van der Waals surface area contributed by atoms with Gasteiger partial charge in [0, 0.05) is 90.6 Å². The molecule has 5 aromatic rings. The van der Waals surface area contributed by atoms with Crippen LogP contribution in [0.2, 0.25) is 13.6 Å². The molecule has 3 saturated carbocycles. The molecule has 2 aromatic carbocycles. The molecule has 4 fully saturated rings. The number of carbonyl (C=O) groups is 1. The van der Waals surface area contributed by atoms with Crippen LogP contribution in [0.25, 0.3) is 16.7 Å². The number of fused-ring (bicyclic) bond motifs is 4. The van der Waals surface area contributed by atoms with Crippen LogP contribution in [0.3, 0.4) is 0 Å².